The quantitative estimate of drug-likeness (QED) is 0.254. The maximum Gasteiger partial charge on any atom is 0.0803 e. The standard InChI is InChI=1S/C15H9N4.C11H8N.Ir/c1-2-4-11-8-13-12(7-10(11)3-1)18-15(19-13)14-9-16-5-6-17-14;1-2-6-10(7-3-1)11-8-4-5-9-12-11;/h1-9H;1-6,8-9H;/q2*-1;. The van der Waals surface area contributed by atoms with Crippen LogP contribution in [0.4, 0.5) is 0 Å². The fourth-order valence-corrected chi connectivity index (χ4v) is 3.25. The number of nitrogens with zero attached hydrogens (tertiary/aromatic N) is 5. The first kappa shape index (κ1) is 21.5. The van der Waals surface area contributed by atoms with E-state index in [4.69, 9.17) is 0 Å². The van der Waals surface area contributed by atoms with Gasteiger partial charge >= 0.3 is 0 Å². The number of rotatable bonds is 2. The molecule has 0 saturated carbocycles. The molecule has 3 heterocycles. The molecule has 0 N–H and O–H groups in total. The van der Waals surface area contributed by atoms with Gasteiger partial charge in [-0.15, -0.1) is 35.9 Å². The summed E-state index contributed by atoms with van der Waals surface area (Å²) < 4.78 is 0. The second-order valence-corrected chi connectivity index (χ2v) is 6.82. The number of pyridine rings is 1. The van der Waals surface area contributed by atoms with E-state index in [1.54, 1.807) is 24.8 Å². The molecule has 3 aromatic carbocycles. The summed E-state index contributed by atoms with van der Waals surface area (Å²) in [7, 11) is 0. The van der Waals surface area contributed by atoms with Gasteiger partial charge in [0.05, 0.1) is 11.9 Å². The number of hydrogen-bond donors (Lipinski definition) is 0. The summed E-state index contributed by atoms with van der Waals surface area (Å²) in [4.78, 5) is 21.5. The summed E-state index contributed by atoms with van der Waals surface area (Å²) in [5.41, 5.74) is 4.48. The first-order chi connectivity index (χ1) is 15.4. The minimum Gasteiger partial charge on any atom is -0.434 e. The van der Waals surface area contributed by atoms with E-state index in [9.17, 15) is 0 Å². The molecule has 157 valence electrons. The fraction of sp³-hybridized carbons (Fsp3) is 0. The van der Waals surface area contributed by atoms with Crippen molar-refractivity contribution in [2.24, 2.45) is 0 Å². The van der Waals surface area contributed by atoms with Gasteiger partial charge in [0.25, 0.3) is 0 Å². The van der Waals surface area contributed by atoms with Crippen LogP contribution < -0.4 is 4.98 Å². The van der Waals surface area contributed by atoms with Crippen LogP contribution in [0.5, 0.6) is 0 Å². The van der Waals surface area contributed by atoms with E-state index < -0.39 is 0 Å². The van der Waals surface area contributed by atoms with Crippen molar-refractivity contribution in [1.82, 2.24) is 24.9 Å². The molecule has 6 heteroatoms. The molecular formula is C26H17IrN5-2. The Kier molecular flexibility index (Phi) is 6.75. The van der Waals surface area contributed by atoms with Crippen molar-refractivity contribution in [3.05, 3.63) is 110 Å². The Balaban J connectivity index is 0.000000164. The average molecular weight is 592 g/mol. The molecule has 0 saturated heterocycles. The van der Waals surface area contributed by atoms with Crippen LogP contribution in [0.25, 0.3) is 44.6 Å². The van der Waals surface area contributed by atoms with Crippen LogP contribution in [0.1, 0.15) is 0 Å². The van der Waals surface area contributed by atoms with Gasteiger partial charge in [-0.05, 0) is 39.4 Å². The first-order valence-corrected chi connectivity index (χ1v) is 9.84. The minimum atomic E-state index is 0. The number of benzene rings is 3. The molecule has 0 aliphatic carbocycles. The molecule has 0 aliphatic heterocycles. The van der Waals surface area contributed by atoms with E-state index in [2.05, 4.69) is 55.3 Å². The zero-order chi connectivity index (χ0) is 20.9. The largest absolute Gasteiger partial charge is 0.434 e. The molecule has 6 aromatic rings. The van der Waals surface area contributed by atoms with Crippen LogP contribution in [0, 0.1) is 6.07 Å². The van der Waals surface area contributed by atoms with Gasteiger partial charge in [-0.3, -0.25) is 9.97 Å². The van der Waals surface area contributed by atoms with E-state index in [-0.39, 0.29) is 20.1 Å². The predicted molar refractivity (Wildman–Crippen MR) is 122 cm³/mol. The summed E-state index contributed by atoms with van der Waals surface area (Å²) in [5.74, 6) is 0.624. The smallest absolute Gasteiger partial charge is 0.0803 e. The molecule has 1 radical (unpaired) electrons. The molecule has 0 amide bonds. The Morgan fingerprint density at radius 3 is 2.22 bits per heavy atom. The Bertz CT molecular complexity index is 1330. The van der Waals surface area contributed by atoms with Crippen LogP contribution in [0.15, 0.2) is 104 Å². The molecule has 0 bridgehead atoms. The number of hydrogen-bond acceptors (Lipinski definition) is 4. The zero-order valence-electron chi connectivity index (χ0n) is 16.9. The topological polar surface area (TPSA) is 65.7 Å². The molecule has 6 rings (SSSR count). The molecule has 32 heavy (non-hydrogen) atoms. The second kappa shape index (κ2) is 10.1. The van der Waals surface area contributed by atoms with Crippen molar-refractivity contribution in [3.63, 3.8) is 0 Å². The van der Waals surface area contributed by atoms with Gasteiger partial charge in [0.15, 0.2) is 0 Å². The molecule has 0 atom stereocenters. The second-order valence-electron chi connectivity index (χ2n) is 6.82. The summed E-state index contributed by atoms with van der Waals surface area (Å²) >= 11 is 0. The van der Waals surface area contributed by atoms with E-state index in [0.29, 0.717) is 11.5 Å². The van der Waals surface area contributed by atoms with Crippen LogP contribution in [0.3, 0.4) is 0 Å². The van der Waals surface area contributed by atoms with Crippen LogP contribution in [0.2, 0.25) is 0 Å². The summed E-state index contributed by atoms with van der Waals surface area (Å²) in [6.45, 7) is 0. The van der Waals surface area contributed by atoms with E-state index >= 15 is 0 Å². The van der Waals surface area contributed by atoms with Gasteiger partial charge < -0.3 is 15.0 Å². The molecule has 5 nitrogen and oxygen atoms in total. The van der Waals surface area contributed by atoms with Crippen molar-refractivity contribution >= 4 is 21.8 Å². The molecule has 0 fully saturated rings. The van der Waals surface area contributed by atoms with E-state index in [0.717, 1.165) is 22.3 Å². The van der Waals surface area contributed by atoms with E-state index in [1.165, 1.54) is 10.8 Å². The molecule has 0 spiro atoms. The van der Waals surface area contributed by atoms with Crippen LogP contribution in [-0.4, -0.2) is 19.9 Å². The predicted octanol–water partition coefficient (Wildman–Crippen LogP) is 5.35. The molecule has 0 aliphatic rings. The summed E-state index contributed by atoms with van der Waals surface area (Å²) in [5, 5.41) is 2.33. The van der Waals surface area contributed by atoms with Crippen molar-refractivity contribution in [1.29, 1.82) is 0 Å². The molecule has 0 unspecified atom stereocenters. The number of fused-ring (bicyclic) bond motifs is 2. The molecular weight excluding hydrogens is 575 g/mol. The maximum atomic E-state index is 4.52. The first-order valence-electron chi connectivity index (χ1n) is 9.84. The SMILES string of the molecule is [Ir].[c-]1ccccc1-c1ccccn1.c1ccc2cc3[n-]c(-c4cnccn4)nc3cc2c1. The van der Waals surface area contributed by atoms with Gasteiger partial charge in [0.2, 0.25) is 0 Å². The Labute approximate surface area is 199 Å². The third-order valence-electron chi connectivity index (χ3n) is 4.74. The van der Waals surface area contributed by atoms with Crippen LogP contribution in [-0.2, 0) is 20.1 Å². The molecule has 3 aromatic heterocycles. The van der Waals surface area contributed by atoms with Crippen molar-refractivity contribution < 1.29 is 20.1 Å². The number of imidazole rings is 1. The van der Waals surface area contributed by atoms with Gasteiger partial charge in [-0.1, -0.05) is 48.5 Å². The van der Waals surface area contributed by atoms with Crippen LogP contribution >= 0.6 is 0 Å². The van der Waals surface area contributed by atoms with Gasteiger partial charge in [-0.2, -0.15) is 0 Å². The third-order valence-corrected chi connectivity index (χ3v) is 4.74. The Morgan fingerprint density at radius 2 is 1.50 bits per heavy atom. The summed E-state index contributed by atoms with van der Waals surface area (Å²) in [6.07, 6.45) is 6.75. The van der Waals surface area contributed by atoms with Gasteiger partial charge in [-0.25, -0.2) is 0 Å². The van der Waals surface area contributed by atoms with Crippen molar-refractivity contribution in [2.75, 3.05) is 0 Å². The fourth-order valence-electron chi connectivity index (χ4n) is 3.25. The monoisotopic (exact) mass is 592 g/mol. The summed E-state index contributed by atoms with van der Waals surface area (Å²) in [6, 6.07) is 29.1. The zero-order valence-corrected chi connectivity index (χ0v) is 19.3. The number of aromatic nitrogens is 5. The normalized spacial score (nSPS) is 10.2. The van der Waals surface area contributed by atoms with E-state index in [1.807, 2.05) is 54.6 Å². The third kappa shape index (κ3) is 4.78. The maximum absolute atomic E-state index is 4.52. The van der Waals surface area contributed by atoms with Crippen molar-refractivity contribution in [2.45, 2.75) is 0 Å². The minimum absolute atomic E-state index is 0. The van der Waals surface area contributed by atoms with Gasteiger partial charge in [0, 0.05) is 38.7 Å². The van der Waals surface area contributed by atoms with Gasteiger partial charge in [0.1, 0.15) is 0 Å². The average Bonchev–Trinajstić information content (AvgIpc) is 3.27. The Morgan fingerprint density at radius 1 is 0.719 bits per heavy atom. The van der Waals surface area contributed by atoms with Crippen molar-refractivity contribution in [3.8, 4) is 22.8 Å². The Hall–Kier alpha value is -3.73.